The molecule has 3 rings (SSSR count). The Balaban J connectivity index is 2.22. The second kappa shape index (κ2) is 5.21. The Morgan fingerprint density at radius 2 is 1.33 bits per heavy atom. The van der Waals surface area contributed by atoms with Gasteiger partial charge in [0.15, 0.2) is 0 Å². The van der Waals surface area contributed by atoms with E-state index in [1.54, 1.807) is 0 Å². The summed E-state index contributed by atoms with van der Waals surface area (Å²) in [5.74, 6) is 0.490. The topological polar surface area (TPSA) is 46.5 Å². The summed E-state index contributed by atoms with van der Waals surface area (Å²) in [6.45, 7) is 12.6. The number of rotatable bonds is 0. The minimum atomic E-state index is -3.88. The third-order valence-electron chi connectivity index (χ3n) is 4.53. The number of hydrogen-bond acceptors (Lipinski definition) is 2. The van der Waals surface area contributed by atoms with Crippen LogP contribution < -0.4 is 9.83 Å². The van der Waals surface area contributed by atoms with E-state index in [4.69, 9.17) is 4.52 Å². The molecule has 0 saturated carbocycles. The Kier molecular flexibility index (Phi) is 3.75. The molecule has 0 spiro atoms. The van der Waals surface area contributed by atoms with Gasteiger partial charge in [0.05, 0.1) is 5.30 Å². The van der Waals surface area contributed by atoms with Crippen molar-refractivity contribution in [3.05, 3.63) is 47.5 Å². The Bertz CT molecular complexity index is 854. The van der Waals surface area contributed by atoms with E-state index < -0.39 is 7.60 Å². The summed E-state index contributed by atoms with van der Waals surface area (Å²) in [6, 6.07) is 11.7. The lowest BCUT2D eigenvalue weighted by Crippen LogP contribution is -2.21. The van der Waals surface area contributed by atoms with Crippen molar-refractivity contribution in [3.8, 4) is 16.9 Å². The molecule has 2 aromatic rings. The molecule has 1 aliphatic heterocycles. The second-order valence-corrected chi connectivity index (χ2v) is 10.3. The summed E-state index contributed by atoms with van der Waals surface area (Å²) in [5, 5.41) is 0.394. The minimum absolute atomic E-state index is 0.0474. The highest BCUT2D eigenvalue weighted by Gasteiger charge is 2.36. The van der Waals surface area contributed by atoms with E-state index in [-0.39, 0.29) is 10.8 Å². The van der Waals surface area contributed by atoms with Crippen LogP contribution in [0, 0.1) is 0 Å². The van der Waals surface area contributed by atoms with Crippen LogP contribution in [0.15, 0.2) is 36.4 Å². The monoisotopic (exact) mass is 344 g/mol. The molecule has 128 valence electrons. The van der Waals surface area contributed by atoms with Gasteiger partial charge in [-0.1, -0.05) is 65.8 Å². The fraction of sp³-hybridized carbons (Fsp3) is 0.400. The Morgan fingerprint density at radius 1 is 0.833 bits per heavy atom. The first kappa shape index (κ1) is 17.3. The maximum Gasteiger partial charge on any atom is 0.408 e. The molecule has 0 fully saturated rings. The summed E-state index contributed by atoms with van der Waals surface area (Å²) in [4.78, 5) is 10.5. The SMILES string of the molecule is CC(C)(C)c1ccc2c(c1)OP(=O)(O)c1cc(C(C)(C)C)ccc1-2. The predicted molar refractivity (Wildman–Crippen MR) is 99.4 cm³/mol. The molecule has 1 N–H and O–H groups in total. The molecule has 4 heteroatoms. The predicted octanol–water partition coefficient (Wildman–Crippen LogP) is 5.15. The van der Waals surface area contributed by atoms with Crippen LogP contribution in [0.5, 0.6) is 5.75 Å². The molecular formula is C20H25O3P. The molecule has 0 radical (unpaired) electrons. The van der Waals surface area contributed by atoms with Crippen molar-refractivity contribution in [2.45, 2.75) is 52.4 Å². The van der Waals surface area contributed by atoms with Gasteiger partial charge in [-0.05, 0) is 34.1 Å². The molecular weight excluding hydrogens is 319 g/mol. The quantitative estimate of drug-likeness (QED) is 0.672. The van der Waals surface area contributed by atoms with Crippen LogP contribution in [0.4, 0.5) is 0 Å². The lowest BCUT2D eigenvalue weighted by molar-refractivity contribution is 0.391. The van der Waals surface area contributed by atoms with Crippen molar-refractivity contribution >= 4 is 12.9 Å². The standard InChI is InChI=1S/C20H25O3P/c1-19(2,3)13-7-9-15-16-10-8-14(20(4,5)6)12-18(16)24(21,22)23-17(15)11-13/h7-12H,1-6H3,(H,21,22). The molecule has 0 aliphatic carbocycles. The van der Waals surface area contributed by atoms with E-state index in [0.29, 0.717) is 11.1 Å². The zero-order valence-corrected chi connectivity index (χ0v) is 16.1. The minimum Gasteiger partial charge on any atom is -0.421 e. The van der Waals surface area contributed by atoms with Gasteiger partial charge in [0.1, 0.15) is 5.75 Å². The van der Waals surface area contributed by atoms with Gasteiger partial charge < -0.3 is 9.42 Å². The van der Waals surface area contributed by atoms with E-state index in [2.05, 4.69) is 47.6 Å². The number of fused-ring (bicyclic) bond motifs is 3. The number of benzene rings is 2. The molecule has 1 aliphatic rings. The molecule has 3 nitrogen and oxygen atoms in total. The van der Waals surface area contributed by atoms with E-state index in [1.807, 2.05) is 30.3 Å². The van der Waals surface area contributed by atoms with E-state index in [0.717, 1.165) is 22.3 Å². The number of hydrogen-bond donors (Lipinski definition) is 1. The molecule has 2 aromatic carbocycles. The van der Waals surface area contributed by atoms with Crippen LogP contribution in [0.3, 0.4) is 0 Å². The molecule has 1 atom stereocenters. The normalized spacial score (nSPS) is 20.1. The highest BCUT2D eigenvalue weighted by atomic mass is 31.2. The molecule has 1 heterocycles. The zero-order chi connectivity index (χ0) is 17.9. The van der Waals surface area contributed by atoms with E-state index in [1.165, 1.54) is 0 Å². The molecule has 0 saturated heterocycles. The maximum absolute atomic E-state index is 12.8. The summed E-state index contributed by atoms with van der Waals surface area (Å²) in [6.07, 6.45) is 0. The van der Waals surface area contributed by atoms with Gasteiger partial charge in [-0.2, -0.15) is 0 Å². The average Bonchev–Trinajstić information content (AvgIpc) is 2.44. The maximum atomic E-state index is 12.8. The third kappa shape index (κ3) is 2.92. The van der Waals surface area contributed by atoms with Crippen molar-refractivity contribution in [3.63, 3.8) is 0 Å². The fourth-order valence-corrected chi connectivity index (χ4v) is 4.25. The van der Waals surface area contributed by atoms with Crippen molar-refractivity contribution in [1.82, 2.24) is 0 Å². The lowest BCUT2D eigenvalue weighted by Gasteiger charge is -2.29. The second-order valence-electron chi connectivity index (χ2n) is 8.55. The van der Waals surface area contributed by atoms with Crippen LogP contribution in [-0.2, 0) is 15.4 Å². The van der Waals surface area contributed by atoms with Crippen LogP contribution in [0.1, 0.15) is 52.7 Å². The molecule has 24 heavy (non-hydrogen) atoms. The smallest absolute Gasteiger partial charge is 0.408 e. The van der Waals surface area contributed by atoms with Gasteiger partial charge in [0.2, 0.25) is 0 Å². The van der Waals surface area contributed by atoms with Gasteiger partial charge in [0, 0.05) is 11.1 Å². The summed E-state index contributed by atoms with van der Waals surface area (Å²) in [7, 11) is -3.88. The van der Waals surface area contributed by atoms with Crippen LogP contribution in [-0.4, -0.2) is 4.89 Å². The van der Waals surface area contributed by atoms with Crippen LogP contribution in [0.2, 0.25) is 0 Å². The molecule has 0 bridgehead atoms. The van der Waals surface area contributed by atoms with Crippen LogP contribution >= 0.6 is 7.60 Å². The van der Waals surface area contributed by atoms with Gasteiger partial charge in [-0.25, -0.2) is 4.57 Å². The van der Waals surface area contributed by atoms with Gasteiger partial charge in [-0.3, -0.25) is 0 Å². The fourth-order valence-electron chi connectivity index (χ4n) is 2.93. The lowest BCUT2D eigenvalue weighted by atomic mass is 9.84. The Labute approximate surface area is 144 Å². The molecule has 0 amide bonds. The molecule has 1 unspecified atom stereocenters. The van der Waals surface area contributed by atoms with Crippen molar-refractivity contribution in [1.29, 1.82) is 0 Å². The third-order valence-corrected chi connectivity index (χ3v) is 5.95. The Morgan fingerprint density at radius 3 is 1.88 bits per heavy atom. The van der Waals surface area contributed by atoms with Gasteiger partial charge in [0.25, 0.3) is 0 Å². The van der Waals surface area contributed by atoms with Gasteiger partial charge in [-0.15, -0.1) is 0 Å². The van der Waals surface area contributed by atoms with Gasteiger partial charge >= 0.3 is 7.60 Å². The zero-order valence-electron chi connectivity index (χ0n) is 15.2. The summed E-state index contributed by atoms with van der Waals surface area (Å²) < 4.78 is 18.4. The first-order valence-corrected chi connectivity index (χ1v) is 9.80. The highest BCUT2D eigenvalue weighted by Crippen LogP contribution is 2.52. The van der Waals surface area contributed by atoms with Crippen molar-refractivity contribution < 1.29 is 14.0 Å². The van der Waals surface area contributed by atoms with E-state index >= 15 is 0 Å². The first-order chi connectivity index (χ1) is 10.9. The molecule has 0 aromatic heterocycles. The van der Waals surface area contributed by atoms with Crippen molar-refractivity contribution in [2.24, 2.45) is 0 Å². The summed E-state index contributed by atoms with van der Waals surface area (Å²) in [5.41, 5.74) is 3.62. The largest absolute Gasteiger partial charge is 0.421 e. The Hall–Kier alpha value is -1.57. The summed E-state index contributed by atoms with van der Waals surface area (Å²) >= 11 is 0. The highest BCUT2D eigenvalue weighted by molar-refractivity contribution is 7.62. The first-order valence-electron chi connectivity index (χ1n) is 8.22. The van der Waals surface area contributed by atoms with E-state index in [9.17, 15) is 9.46 Å². The average molecular weight is 344 g/mol. The van der Waals surface area contributed by atoms with Crippen molar-refractivity contribution in [2.75, 3.05) is 0 Å². The van der Waals surface area contributed by atoms with Crippen LogP contribution in [0.25, 0.3) is 11.1 Å².